The van der Waals surface area contributed by atoms with Crippen LogP contribution in [0.5, 0.6) is 0 Å². The lowest BCUT2D eigenvalue weighted by Gasteiger charge is -2.66. The fourth-order valence-electron chi connectivity index (χ4n) is 9.63. The van der Waals surface area contributed by atoms with E-state index >= 15 is 0 Å². The zero-order valence-corrected chi connectivity index (χ0v) is 21.5. The van der Waals surface area contributed by atoms with E-state index in [0.717, 1.165) is 38.5 Å². The molecule has 0 bridgehead atoms. The number of Topliss-reactive ketones (excluding diaryl/α,β-unsaturated/α-hetero) is 1. The lowest BCUT2D eigenvalue weighted by molar-refractivity contribution is -0.195. The molecule has 0 amide bonds. The van der Waals surface area contributed by atoms with Crippen molar-refractivity contribution in [2.24, 2.45) is 39.9 Å². The van der Waals surface area contributed by atoms with Crippen molar-refractivity contribution in [2.75, 3.05) is 13.7 Å². The highest BCUT2D eigenvalue weighted by Crippen LogP contribution is 2.72. The summed E-state index contributed by atoms with van der Waals surface area (Å²) in [6, 6.07) is 0. The molecule has 1 aromatic heterocycles. The predicted octanol–water partition coefficient (Wildman–Crippen LogP) is 5.53. The van der Waals surface area contributed by atoms with E-state index in [0.29, 0.717) is 41.7 Å². The average Bonchev–Trinajstić information content (AvgIpc) is 3.32. The first kappa shape index (κ1) is 23.8. The van der Waals surface area contributed by atoms with Crippen LogP contribution in [0.2, 0.25) is 5.02 Å². The molecule has 5 nitrogen and oxygen atoms in total. The van der Waals surface area contributed by atoms with Gasteiger partial charge < -0.3 is 9.84 Å². The molecule has 0 aromatic carbocycles. The van der Waals surface area contributed by atoms with Gasteiger partial charge in [0.25, 0.3) is 0 Å². The number of ether oxygens (including phenoxy) is 1. The van der Waals surface area contributed by atoms with Crippen molar-refractivity contribution < 1.29 is 14.6 Å². The molecule has 1 aromatic rings. The maximum absolute atomic E-state index is 13.4. The highest BCUT2D eigenvalue weighted by Gasteiger charge is 2.66. The monoisotopic (exact) mass is 476 g/mol. The molecule has 1 N–H and O–H groups in total. The zero-order chi connectivity index (χ0) is 23.6. The minimum Gasteiger partial charge on any atom is -0.387 e. The fourth-order valence-corrected chi connectivity index (χ4v) is 9.78. The van der Waals surface area contributed by atoms with E-state index in [1.165, 1.54) is 19.3 Å². The summed E-state index contributed by atoms with van der Waals surface area (Å²) in [5, 5.41) is 15.9. The van der Waals surface area contributed by atoms with Gasteiger partial charge >= 0.3 is 0 Å². The number of aliphatic hydroxyl groups is 1. The molecule has 184 valence electrons. The third-order valence-electron chi connectivity index (χ3n) is 11.1. The smallest absolute Gasteiger partial charge is 0.157 e. The molecule has 6 heteroatoms. The second-order valence-corrected chi connectivity index (χ2v) is 13.1. The van der Waals surface area contributed by atoms with Gasteiger partial charge in [-0.3, -0.25) is 9.48 Å². The Kier molecular flexibility index (Phi) is 5.82. The van der Waals surface area contributed by atoms with Gasteiger partial charge in [0.2, 0.25) is 0 Å². The van der Waals surface area contributed by atoms with Crippen molar-refractivity contribution in [2.45, 2.75) is 90.7 Å². The number of ketones is 1. The van der Waals surface area contributed by atoms with Gasteiger partial charge in [0.05, 0.1) is 30.0 Å². The number of nitrogens with zero attached hydrogens (tertiary/aromatic N) is 2. The molecule has 4 aliphatic carbocycles. The molecule has 1 heterocycles. The molecule has 5 rings (SSSR count). The SMILES string of the molecule is COC[C@@]1(O)CC[C@@]2(C)[C@@H](CC[C@]3(C)[C@@H]2CC[C@@]2(C)[C@H]3CC[C@@H]2C(=O)Cn2cc(Cl)cn2)C1. The van der Waals surface area contributed by atoms with Gasteiger partial charge in [-0.15, -0.1) is 0 Å². The Morgan fingerprint density at radius 1 is 1.09 bits per heavy atom. The highest BCUT2D eigenvalue weighted by molar-refractivity contribution is 6.30. The second kappa shape index (κ2) is 8.06. The van der Waals surface area contributed by atoms with Crippen LogP contribution in [0, 0.1) is 39.9 Å². The summed E-state index contributed by atoms with van der Waals surface area (Å²) >= 11 is 6.02. The number of methoxy groups -OCH3 is 1. The Labute approximate surface area is 203 Å². The van der Waals surface area contributed by atoms with Gasteiger partial charge in [-0.25, -0.2) is 0 Å². The number of hydrogen-bond donors (Lipinski definition) is 1. The van der Waals surface area contributed by atoms with E-state index in [1.807, 2.05) is 0 Å². The third-order valence-corrected chi connectivity index (χ3v) is 11.3. The van der Waals surface area contributed by atoms with Crippen molar-refractivity contribution >= 4 is 17.4 Å². The first-order valence-corrected chi connectivity index (χ1v) is 13.3. The van der Waals surface area contributed by atoms with Gasteiger partial charge in [0, 0.05) is 19.2 Å². The van der Waals surface area contributed by atoms with Crippen LogP contribution in [-0.4, -0.2) is 40.0 Å². The average molecular weight is 477 g/mol. The van der Waals surface area contributed by atoms with E-state index in [1.54, 1.807) is 24.2 Å². The summed E-state index contributed by atoms with van der Waals surface area (Å²) < 4.78 is 7.07. The van der Waals surface area contributed by atoms with Crippen LogP contribution in [0.25, 0.3) is 0 Å². The summed E-state index contributed by atoms with van der Waals surface area (Å²) in [4.78, 5) is 13.4. The molecule has 0 aliphatic heterocycles. The maximum atomic E-state index is 13.4. The maximum Gasteiger partial charge on any atom is 0.157 e. The van der Waals surface area contributed by atoms with Crippen molar-refractivity contribution in [3.63, 3.8) is 0 Å². The number of carbonyl (C=O) groups is 1. The molecular formula is C27H41ClN2O3. The van der Waals surface area contributed by atoms with Crippen molar-refractivity contribution in [3.05, 3.63) is 17.4 Å². The van der Waals surface area contributed by atoms with Crippen LogP contribution in [0.15, 0.2) is 12.4 Å². The lowest BCUT2D eigenvalue weighted by atomic mass is 9.39. The lowest BCUT2D eigenvalue weighted by Crippen LogP contribution is -2.60. The minimum absolute atomic E-state index is 0.0773. The Morgan fingerprint density at radius 2 is 1.82 bits per heavy atom. The van der Waals surface area contributed by atoms with E-state index in [-0.39, 0.29) is 22.2 Å². The van der Waals surface area contributed by atoms with Gasteiger partial charge in [-0.2, -0.15) is 5.10 Å². The molecular weight excluding hydrogens is 436 g/mol. The molecule has 0 unspecified atom stereocenters. The first-order chi connectivity index (χ1) is 15.5. The zero-order valence-electron chi connectivity index (χ0n) is 20.8. The van der Waals surface area contributed by atoms with Gasteiger partial charge in [-0.1, -0.05) is 32.4 Å². The van der Waals surface area contributed by atoms with Gasteiger partial charge in [0.1, 0.15) is 0 Å². The summed E-state index contributed by atoms with van der Waals surface area (Å²) in [5.74, 6) is 2.28. The molecule has 33 heavy (non-hydrogen) atoms. The normalized spacial score (nSPS) is 47.0. The number of rotatable bonds is 5. The fraction of sp³-hybridized carbons (Fsp3) is 0.852. The number of hydrogen-bond acceptors (Lipinski definition) is 4. The van der Waals surface area contributed by atoms with Crippen LogP contribution < -0.4 is 0 Å². The number of carbonyl (C=O) groups excluding carboxylic acids is 1. The molecule has 4 fully saturated rings. The quantitative estimate of drug-likeness (QED) is 0.606. The Bertz CT molecular complexity index is 919. The molecule has 0 saturated heterocycles. The standard InChI is InChI=1S/C27H41ClN2O3/c1-24-11-12-27(32,17-33-4)13-18(24)7-9-26(3)22-6-5-20(25(22,2)10-8-23(24)26)21(31)16-30-15-19(28)14-29-30/h14-15,18,20,22-23,32H,5-13,16-17H2,1-4H3/t18-,20+,22+,23+,24-,25+,26-,27+/m0/s1. The molecule has 0 radical (unpaired) electrons. The largest absolute Gasteiger partial charge is 0.387 e. The Balaban J connectivity index is 1.37. The molecule has 4 saturated carbocycles. The Morgan fingerprint density at radius 3 is 2.52 bits per heavy atom. The van der Waals surface area contributed by atoms with Crippen molar-refractivity contribution in [3.8, 4) is 0 Å². The molecule has 0 spiro atoms. The second-order valence-electron chi connectivity index (χ2n) is 12.7. The van der Waals surface area contributed by atoms with E-state index < -0.39 is 5.60 Å². The summed E-state index contributed by atoms with van der Waals surface area (Å²) in [5.41, 5.74) is -0.0226. The highest BCUT2D eigenvalue weighted by atomic mass is 35.5. The predicted molar refractivity (Wildman–Crippen MR) is 129 cm³/mol. The number of aromatic nitrogens is 2. The van der Waals surface area contributed by atoms with E-state index in [9.17, 15) is 9.90 Å². The van der Waals surface area contributed by atoms with Crippen LogP contribution in [0.1, 0.15) is 78.6 Å². The minimum atomic E-state index is -0.657. The van der Waals surface area contributed by atoms with Crippen LogP contribution >= 0.6 is 11.6 Å². The van der Waals surface area contributed by atoms with Crippen LogP contribution in [0.4, 0.5) is 0 Å². The van der Waals surface area contributed by atoms with E-state index in [2.05, 4.69) is 25.9 Å². The summed E-state index contributed by atoms with van der Waals surface area (Å²) in [7, 11) is 1.70. The van der Waals surface area contributed by atoms with Gasteiger partial charge in [-0.05, 0) is 91.8 Å². The van der Waals surface area contributed by atoms with Crippen molar-refractivity contribution in [1.82, 2.24) is 9.78 Å². The van der Waals surface area contributed by atoms with Crippen molar-refractivity contribution in [1.29, 1.82) is 0 Å². The first-order valence-electron chi connectivity index (χ1n) is 13.0. The third kappa shape index (κ3) is 3.63. The number of halogens is 1. The van der Waals surface area contributed by atoms with Crippen LogP contribution in [-0.2, 0) is 16.1 Å². The number of fused-ring (bicyclic) bond motifs is 5. The molecule has 8 atom stereocenters. The molecule has 4 aliphatic rings. The van der Waals surface area contributed by atoms with Gasteiger partial charge in [0.15, 0.2) is 5.78 Å². The van der Waals surface area contributed by atoms with E-state index in [4.69, 9.17) is 16.3 Å². The topological polar surface area (TPSA) is 64.3 Å². The Hall–Kier alpha value is -0.910. The summed E-state index contributed by atoms with van der Waals surface area (Å²) in [6.07, 6.45) is 13.1. The van der Waals surface area contributed by atoms with Crippen LogP contribution in [0.3, 0.4) is 0 Å². The summed E-state index contributed by atoms with van der Waals surface area (Å²) in [6.45, 7) is 8.27.